The molecule has 0 aromatic heterocycles. The normalized spacial score (nSPS) is 12.4. The summed E-state index contributed by atoms with van der Waals surface area (Å²) in [5.74, 6) is 0. The molecular formula is C9H9OS2-. The first-order valence-electron chi connectivity index (χ1n) is 3.54. The Morgan fingerprint density at radius 2 is 2.00 bits per heavy atom. The molecule has 0 spiro atoms. The van der Waals surface area contributed by atoms with E-state index in [1.807, 2.05) is 36.6 Å². The van der Waals surface area contributed by atoms with Gasteiger partial charge in [-0.15, -0.1) is 0 Å². The number of hydrogen-bond donors (Lipinski definition) is 0. The van der Waals surface area contributed by atoms with Gasteiger partial charge in [-0.25, -0.2) is 0 Å². The minimum atomic E-state index is -0.200. The fourth-order valence-electron chi connectivity index (χ4n) is 0.996. The fourth-order valence-corrected chi connectivity index (χ4v) is 2.04. The van der Waals surface area contributed by atoms with Crippen LogP contribution in [0.15, 0.2) is 30.3 Å². The van der Waals surface area contributed by atoms with Crippen molar-refractivity contribution in [3.05, 3.63) is 35.9 Å². The zero-order valence-corrected chi connectivity index (χ0v) is 8.32. The van der Waals surface area contributed by atoms with E-state index in [9.17, 15) is 4.79 Å². The molecule has 1 aromatic rings. The highest BCUT2D eigenvalue weighted by Gasteiger charge is 2.08. The van der Waals surface area contributed by atoms with Crippen molar-refractivity contribution in [1.82, 2.24) is 0 Å². The van der Waals surface area contributed by atoms with E-state index >= 15 is 0 Å². The molecule has 0 bridgehead atoms. The van der Waals surface area contributed by atoms with Crippen LogP contribution >= 0.6 is 11.8 Å². The smallest absolute Gasteiger partial charge is 0.0662 e. The number of thioether (sulfide) groups is 1. The monoisotopic (exact) mass is 197 g/mol. The maximum atomic E-state index is 11.0. The molecule has 0 aliphatic rings. The molecule has 0 radical (unpaired) electrons. The zero-order chi connectivity index (χ0) is 8.97. The first-order valence-corrected chi connectivity index (χ1v) is 5.24. The Hall–Kier alpha value is -0.540. The van der Waals surface area contributed by atoms with Crippen LogP contribution in [0, 0.1) is 0 Å². The number of hydrogen-bond acceptors (Lipinski definition) is 3. The topological polar surface area (TPSA) is 17.1 Å². The molecule has 0 aliphatic carbocycles. The first-order chi connectivity index (χ1) is 5.75. The lowest BCUT2D eigenvalue weighted by Gasteiger charge is -2.16. The number of benzene rings is 1. The third-order valence-corrected chi connectivity index (χ3v) is 2.89. The highest BCUT2D eigenvalue weighted by molar-refractivity contribution is 8.01. The van der Waals surface area contributed by atoms with Crippen molar-refractivity contribution in [2.24, 2.45) is 0 Å². The molecular weight excluding hydrogens is 188 g/mol. The number of rotatable bonds is 3. The van der Waals surface area contributed by atoms with E-state index in [1.54, 1.807) is 0 Å². The van der Waals surface area contributed by atoms with Crippen LogP contribution in [0.2, 0.25) is 0 Å². The van der Waals surface area contributed by atoms with E-state index in [1.165, 1.54) is 11.8 Å². The Morgan fingerprint density at radius 3 is 2.42 bits per heavy atom. The average molecular weight is 197 g/mol. The summed E-state index contributed by atoms with van der Waals surface area (Å²) in [5.41, 5.74) is 0.991. The lowest BCUT2D eigenvalue weighted by molar-refractivity contribution is -0.110. The Balaban J connectivity index is 2.88. The molecule has 0 amide bonds. The van der Waals surface area contributed by atoms with Gasteiger partial charge in [0.05, 0.1) is 5.25 Å². The molecule has 0 fully saturated rings. The quantitative estimate of drug-likeness (QED) is 0.691. The van der Waals surface area contributed by atoms with Gasteiger partial charge in [0.2, 0.25) is 0 Å². The van der Waals surface area contributed by atoms with Gasteiger partial charge in [0.15, 0.2) is 0 Å². The number of carbonyl (C=O) groups is 1. The molecule has 0 heterocycles. The summed E-state index contributed by atoms with van der Waals surface area (Å²) < 4.78 is 0. The molecule has 12 heavy (non-hydrogen) atoms. The van der Waals surface area contributed by atoms with Crippen molar-refractivity contribution >= 4 is 29.5 Å². The molecule has 1 atom stereocenters. The van der Waals surface area contributed by atoms with E-state index in [-0.39, 0.29) is 10.4 Å². The second-order valence-corrected chi connectivity index (χ2v) is 3.69. The summed E-state index contributed by atoms with van der Waals surface area (Å²) >= 11 is 6.10. The van der Waals surface area contributed by atoms with Gasteiger partial charge >= 0.3 is 0 Å². The molecule has 1 aromatic carbocycles. The molecule has 0 N–H and O–H groups in total. The Morgan fingerprint density at radius 1 is 1.42 bits per heavy atom. The highest BCUT2D eigenvalue weighted by atomic mass is 32.2. The summed E-state index contributed by atoms with van der Waals surface area (Å²) in [6.07, 6.45) is 1.89. The van der Waals surface area contributed by atoms with Crippen LogP contribution in [-0.4, -0.2) is 11.4 Å². The van der Waals surface area contributed by atoms with Crippen molar-refractivity contribution < 1.29 is 4.79 Å². The first kappa shape index (κ1) is 9.55. The van der Waals surface area contributed by atoms with Crippen LogP contribution in [-0.2, 0) is 17.4 Å². The van der Waals surface area contributed by atoms with Gasteiger partial charge in [0.25, 0.3) is 0 Å². The summed E-state index contributed by atoms with van der Waals surface area (Å²) in [4.78, 5) is 11.0. The summed E-state index contributed by atoms with van der Waals surface area (Å²) in [7, 11) is 0. The van der Waals surface area contributed by atoms with Gasteiger partial charge in [-0.05, 0) is 11.8 Å². The van der Waals surface area contributed by atoms with Crippen LogP contribution in [0.25, 0.3) is 0 Å². The second kappa shape index (κ2) is 4.48. The van der Waals surface area contributed by atoms with Crippen molar-refractivity contribution in [2.75, 3.05) is 6.26 Å². The molecule has 64 valence electrons. The standard InChI is InChI=1S/C9H10OS2/c1-12-8(9(10)11)7-5-3-2-4-6-7/h2-6,8H,1H3,(H,10,11)/p-1. The largest absolute Gasteiger partial charge is 0.740 e. The maximum absolute atomic E-state index is 11.0. The summed E-state index contributed by atoms with van der Waals surface area (Å²) in [5, 5.41) is -0.380. The van der Waals surface area contributed by atoms with Gasteiger partial charge < -0.3 is 17.4 Å². The average Bonchev–Trinajstić information content (AvgIpc) is 2.07. The Bertz CT molecular complexity index is 258. The number of carbonyl (C=O) groups excluding carboxylic acids is 1. The summed E-state index contributed by atoms with van der Waals surface area (Å²) in [6, 6.07) is 9.60. The van der Waals surface area contributed by atoms with Crippen LogP contribution in [0.4, 0.5) is 0 Å². The van der Waals surface area contributed by atoms with Gasteiger partial charge in [-0.1, -0.05) is 30.3 Å². The maximum Gasteiger partial charge on any atom is 0.0662 e. The molecule has 0 saturated heterocycles. The molecule has 1 rings (SSSR count). The van der Waals surface area contributed by atoms with Gasteiger partial charge in [-0.3, -0.25) is 0 Å². The van der Waals surface area contributed by atoms with Crippen molar-refractivity contribution in [3.63, 3.8) is 0 Å². The van der Waals surface area contributed by atoms with Crippen molar-refractivity contribution in [2.45, 2.75) is 5.25 Å². The minimum Gasteiger partial charge on any atom is -0.740 e. The minimum absolute atomic E-state index is 0.179. The third-order valence-electron chi connectivity index (χ3n) is 1.55. The van der Waals surface area contributed by atoms with E-state index in [4.69, 9.17) is 0 Å². The molecule has 1 nitrogen and oxygen atoms in total. The van der Waals surface area contributed by atoms with Gasteiger partial charge in [0, 0.05) is 5.12 Å². The van der Waals surface area contributed by atoms with Crippen molar-refractivity contribution in [1.29, 1.82) is 0 Å². The molecule has 1 unspecified atom stereocenters. The second-order valence-electron chi connectivity index (χ2n) is 2.35. The molecule has 0 aliphatic heterocycles. The Kier molecular flexibility index (Phi) is 3.56. The zero-order valence-electron chi connectivity index (χ0n) is 6.69. The van der Waals surface area contributed by atoms with Crippen molar-refractivity contribution in [3.8, 4) is 0 Å². The Labute approximate surface area is 82.0 Å². The van der Waals surface area contributed by atoms with E-state index < -0.39 is 0 Å². The summed E-state index contributed by atoms with van der Waals surface area (Å²) in [6.45, 7) is 0. The predicted molar refractivity (Wildman–Crippen MR) is 55.1 cm³/mol. The van der Waals surface area contributed by atoms with Gasteiger partial charge in [-0.2, -0.15) is 11.8 Å². The van der Waals surface area contributed by atoms with Crippen LogP contribution < -0.4 is 0 Å². The van der Waals surface area contributed by atoms with Crippen LogP contribution in [0.3, 0.4) is 0 Å². The third kappa shape index (κ3) is 2.22. The van der Waals surface area contributed by atoms with E-state index in [0.717, 1.165) is 5.56 Å². The highest BCUT2D eigenvalue weighted by Crippen LogP contribution is 2.26. The SMILES string of the molecule is CSC(C(=O)[S-])c1ccccc1. The van der Waals surface area contributed by atoms with E-state index in [2.05, 4.69) is 12.6 Å². The van der Waals surface area contributed by atoms with Crippen LogP contribution in [0.1, 0.15) is 10.8 Å². The van der Waals surface area contributed by atoms with E-state index in [0.29, 0.717) is 0 Å². The molecule has 3 heteroatoms. The lowest BCUT2D eigenvalue weighted by atomic mass is 10.2. The van der Waals surface area contributed by atoms with Gasteiger partial charge in [0.1, 0.15) is 0 Å². The molecule has 0 saturated carbocycles. The predicted octanol–water partition coefficient (Wildman–Crippen LogP) is 2.16. The lowest BCUT2D eigenvalue weighted by Crippen LogP contribution is -2.04. The fraction of sp³-hybridized carbons (Fsp3) is 0.222. The van der Waals surface area contributed by atoms with Crippen LogP contribution in [0.5, 0.6) is 0 Å².